The fourth-order valence-electron chi connectivity index (χ4n) is 3.46. The number of nitrogens with one attached hydrogen (secondary N) is 2. The molecule has 0 aromatic carbocycles. The van der Waals surface area contributed by atoms with Crippen LogP contribution in [-0.2, 0) is 21.3 Å². The Labute approximate surface area is 205 Å². The van der Waals surface area contributed by atoms with E-state index >= 15 is 0 Å². The largest absolute Gasteiger partial charge is 0.380 e. The number of anilines is 3. The van der Waals surface area contributed by atoms with Crippen LogP contribution in [0.1, 0.15) is 43.2 Å². The van der Waals surface area contributed by atoms with Crippen LogP contribution in [-0.4, -0.2) is 71.6 Å². The van der Waals surface area contributed by atoms with Gasteiger partial charge in [0.25, 0.3) is 5.91 Å². The van der Waals surface area contributed by atoms with E-state index in [1.165, 1.54) is 0 Å². The molecule has 0 aliphatic carbocycles. The number of ether oxygens (including phenoxy) is 1. The van der Waals surface area contributed by atoms with E-state index in [1.54, 1.807) is 10.9 Å². The van der Waals surface area contributed by atoms with Crippen molar-refractivity contribution >= 4 is 44.5 Å². The maximum Gasteiger partial charge on any atom is 0.287 e. The molecule has 1 amide bonds. The molecule has 35 heavy (non-hydrogen) atoms. The first-order chi connectivity index (χ1) is 16.7. The van der Waals surface area contributed by atoms with Gasteiger partial charge in [-0.15, -0.1) is 0 Å². The normalized spacial score (nSPS) is 11.6. The van der Waals surface area contributed by atoms with Crippen molar-refractivity contribution < 1.29 is 17.9 Å². The summed E-state index contributed by atoms with van der Waals surface area (Å²) in [7, 11) is -3.81. The highest BCUT2D eigenvalue weighted by atomic mass is 32.2. The molecule has 3 rings (SSSR count). The number of pyridine rings is 1. The van der Waals surface area contributed by atoms with Crippen LogP contribution in [0.2, 0.25) is 0 Å². The van der Waals surface area contributed by atoms with Crippen LogP contribution in [0.15, 0.2) is 18.3 Å². The Morgan fingerprint density at radius 3 is 2.54 bits per heavy atom. The first kappa shape index (κ1) is 26.3. The summed E-state index contributed by atoms with van der Waals surface area (Å²) in [5, 5.41) is 7.65. The second-order valence-electron chi connectivity index (χ2n) is 7.97. The summed E-state index contributed by atoms with van der Waals surface area (Å²) in [4.78, 5) is 28.5. The standard InChI is InChI=1S/C22H32N8O4S/c1-6-12-34-13-11-30-19-17(18(27-30)21(31)28-35(5,32)33)25-22(29(7-2)8-3)26-20(19)24-16-14-15(4)9-10-23-16/h9-10,14H,6-8,11-13H2,1-5H3,(H,28,31)(H,23,24,25,26). The third-order valence-electron chi connectivity index (χ3n) is 5.07. The van der Waals surface area contributed by atoms with Gasteiger partial charge in [0.15, 0.2) is 11.5 Å². The Morgan fingerprint density at radius 2 is 1.91 bits per heavy atom. The first-order valence-corrected chi connectivity index (χ1v) is 13.4. The van der Waals surface area contributed by atoms with Crippen molar-refractivity contribution in [3.05, 3.63) is 29.6 Å². The molecule has 0 fully saturated rings. The minimum atomic E-state index is -3.81. The van der Waals surface area contributed by atoms with E-state index in [-0.39, 0.29) is 11.2 Å². The van der Waals surface area contributed by atoms with E-state index in [4.69, 9.17) is 9.72 Å². The van der Waals surface area contributed by atoms with Gasteiger partial charge < -0.3 is 15.0 Å². The summed E-state index contributed by atoms with van der Waals surface area (Å²) in [6.45, 7) is 10.4. The van der Waals surface area contributed by atoms with E-state index in [0.29, 0.717) is 55.9 Å². The van der Waals surface area contributed by atoms with Crippen molar-refractivity contribution in [3.8, 4) is 0 Å². The molecule has 0 bridgehead atoms. The van der Waals surface area contributed by atoms with Gasteiger partial charge in [0.2, 0.25) is 16.0 Å². The van der Waals surface area contributed by atoms with Crippen LogP contribution in [0.3, 0.4) is 0 Å². The van der Waals surface area contributed by atoms with Gasteiger partial charge in [-0.2, -0.15) is 10.1 Å². The van der Waals surface area contributed by atoms with Gasteiger partial charge in [0.05, 0.1) is 19.4 Å². The highest BCUT2D eigenvalue weighted by Gasteiger charge is 2.26. The Bertz CT molecular complexity index is 1290. The molecule has 190 valence electrons. The second kappa shape index (κ2) is 11.4. The summed E-state index contributed by atoms with van der Waals surface area (Å²) < 4.78 is 32.7. The molecule has 0 aliphatic heterocycles. The lowest BCUT2D eigenvalue weighted by molar-refractivity contribution is 0.0975. The SMILES string of the molecule is CCCOCCn1nc(C(=O)NS(C)(=O)=O)c2nc(N(CC)CC)nc(Nc3cc(C)ccn3)c21. The number of fused-ring (bicyclic) bond motifs is 1. The number of carbonyl (C=O) groups excluding carboxylic acids is 1. The lowest BCUT2D eigenvalue weighted by atomic mass is 10.3. The van der Waals surface area contributed by atoms with E-state index in [2.05, 4.69) is 20.4 Å². The monoisotopic (exact) mass is 504 g/mol. The molecule has 0 saturated heterocycles. The fourth-order valence-corrected chi connectivity index (χ4v) is 3.89. The van der Waals surface area contributed by atoms with Gasteiger partial charge in [0, 0.05) is 25.9 Å². The predicted molar refractivity (Wildman–Crippen MR) is 135 cm³/mol. The Morgan fingerprint density at radius 1 is 1.17 bits per heavy atom. The van der Waals surface area contributed by atoms with Gasteiger partial charge in [-0.05, 0) is 44.9 Å². The highest BCUT2D eigenvalue weighted by molar-refractivity contribution is 7.89. The number of sulfonamides is 1. The molecule has 0 radical (unpaired) electrons. The zero-order valence-corrected chi connectivity index (χ0v) is 21.5. The molecule has 12 nitrogen and oxygen atoms in total. The molecule has 0 atom stereocenters. The van der Waals surface area contributed by atoms with Crippen molar-refractivity contribution in [1.29, 1.82) is 0 Å². The smallest absolute Gasteiger partial charge is 0.287 e. The van der Waals surface area contributed by atoms with Crippen molar-refractivity contribution in [3.63, 3.8) is 0 Å². The quantitative estimate of drug-likeness (QED) is 0.352. The number of rotatable bonds is 12. The van der Waals surface area contributed by atoms with Crippen molar-refractivity contribution in [2.45, 2.75) is 40.7 Å². The maximum atomic E-state index is 12.9. The molecule has 2 N–H and O–H groups in total. The number of hydrogen-bond acceptors (Lipinski definition) is 10. The van der Waals surface area contributed by atoms with Gasteiger partial charge in [-0.25, -0.2) is 23.1 Å². The molecule has 0 unspecified atom stereocenters. The van der Waals surface area contributed by atoms with Gasteiger partial charge >= 0.3 is 0 Å². The first-order valence-electron chi connectivity index (χ1n) is 11.5. The van der Waals surface area contributed by atoms with Crippen LogP contribution in [0.4, 0.5) is 17.6 Å². The number of nitrogens with zero attached hydrogens (tertiary/aromatic N) is 6. The predicted octanol–water partition coefficient (Wildman–Crippen LogP) is 2.24. The van der Waals surface area contributed by atoms with E-state index < -0.39 is 15.9 Å². The Kier molecular flexibility index (Phi) is 8.57. The molecule has 3 aromatic heterocycles. The molecule has 0 aliphatic rings. The van der Waals surface area contributed by atoms with Crippen molar-refractivity contribution in [1.82, 2.24) is 29.5 Å². The van der Waals surface area contributed by atoms with Gasteiger partial charge in [0.1, 0.15) is 16.9 Å². The minimum absolute atomic E-state index is 0.114. The van der Waals surface area contributed by atoms with E-state index in [1.807, 2.05) is 49.4 Å². The van der Waals surface area contributed by atoms with E-state index in [9.17, 15) is 13.2 Å². The number of hydrogen-bond donors (Lipinski definition) is 2. The number of amides is 1. The second-order valence-corrected chi connectivity index (χ2v) is 9.72. The van der Waals surface area contributed by atoms with Gasteiger partial charge in [-0.1, -0.05) is 6.92 Å². The van der Waals surface area contributed by atoms with E-state index in [0.717, 1.165) is 18.2 Å². The third-order valence-corrected chi connectivity index (χ3v) is 5.63. The minimum Gasteiger partial charge on any atom is -0.380 e. The number of carbonyl (C=O) groups is 1. The van der Waals surface area contributed by atoms with Crippen LogP contribution in [0.5, 0.6) is 0 Å². The Hall–Kier alpha value is -3.32. The zero-order valence-electron chi connectivity index (χ0n) is 20.7. The summed E-state index contributed by atoms with van der Waals surface area (Å²) in [5.41, 5.74) is 1.57. The van der Waals surface area contributed by atoms with Crippen LogP contribution >= 0.6 is 0 Å². The highest BCUT2D eigenvalue weighted by Crippen LogP contribution is 2.29. The molecule has 3 aromatic rings. The number of aryl methyl sites for hydroxylation is 1. The molecular formula is C22H32N8O4S. The molecule has 0 spiro atoms. The third kappa shape index (κ3) is 6.63. The Balaban J connectivity index is 2.22. The van der Waals surface area contributed by atoms with Crippen molar-refractivity contribution in [2.24, 2.45) is 0 Å². The van der Waals surface area contributed by atoms with Crippen LogP contribution < -0.4 is 14.9 Å². The zero-order chi connectivity index (χ0) is 25.6. The number of aromatic nitrogens is 5. The molecule has 3 heterocycles. The summed E-state index contributed by atoms with van der Waals surface area (Å²) in [5.74, 6) is 0.478. The maximum absolute atomic E-state index is 12.9. The van der Waals surface area contributed by atoms with Crippen LogP contribution in [0.25, 0.3) is 11.0 Å². The fraction of sp³-hybridized carbons (Fsp3) is 0.500. The summed E-state index contributed by atoms with van der Waals surface area (Å²) >= 11 is 0. The van der Waals surface area contributed by atoms with Gasteiger partial charge in [-0.3, -0.25) is 9.48 Å². The lowest BCUT2D eigenvalue weighted by Crippen LogP contribution is -2.30. The summed E-state index contributed by atoms with van der Waals surface area (Å²) in [6, 6.07) is 3.75. The molecular weight excluding hydrogens is 472 g/mol. The molecule has 0 saturated carbocycles. The lowest BCUT2D eigenvalue weighted by Gasteiger charge is -2.20. The molecule has 13 heteroatoms. The average Bonchev–Trinajstić information content (AvgIpc) is 3.16. The van der Waals surface area contributed by atoms with Crippen LogP contribution in [0, 0.1) is 6.92 Å². The average molecular weight is 505 g/mol. The summed E-state index contributed by atoms with van der Waals surface area (Å²) in [6.07, 6.45) is 3.46. The topological polar surface area (TPSA) is 144 Å². The van der Waals surface area contributed by atoms with Crippen molar-refractivity contribution in [2.75, 3.05) is 42.8 Å².